The van der Waals surface area contributed by atoms with Crippen molar-refractivity contribution in [2.45, 2.75) is 38.1 Å². The van der Waals surface area contributed by atoms with Crippen LogP contribution in [-0.2, 0) is 21.3 Å². The van der Waals surface area contributed by atoms with Gasteiger partial charge >= 0.3 is 0 Å². The Bertz CT molecular complexity index is 566. The third kappa shape index (κ3) is 5.49. The highest BCUT2D eigenvalue weighted by molar-refractivity contribution is 7.89. The van der Waals surface area contributed by atoms with E-state index in [-0.39, 0.29) is 16.5 Å². The number of amides is 1. The van der Waals surface area contributed by atoms with E-state index < -0.39 is 10.0 Å². The first-order chi connectivity index (χ1) is 9.90. The topological polar surface area (TPSA) is 103 Å². The van der Waals surface area contributed by atoms with Gasteiger partial charge in [0.05, 0.1) is 6.61 Å². The van der Waals surface area contributed by atoms with Crippen LogP contribution in [0.4, 0.5) is 0 Å². The molecule has 0 aliphatic rings. The van der Waals surface area contributed by atoms with Gasteiger partial charge in [-0.3, -0.25) is 4.79 Å². The number of primary sulfonamides is 1. The van der Waals surface area contributed by atoms with Crippen LogP contribution in [0.3, 0.4) is 0 Å². The summed E-state index contributed by atoms with van der Waals surface area (Å²) in [4.78, 5) is 12.0. The summed E-state index contributed by atoms with van der Waals surface area (Å²) in [7, 11) is -3.81. The molecule has 3 N–H and O–H groups in total. The maximum absolute atomic E-state index is 12.0. The van der Waals surface area contributed by atoms with E-state index >= 15 is 0 Å². The number of carbonyl (C=O) groups excluding carboxylic acids is 1. The fourth-order valence-electron chi connectivity index (χ4n) is 1.77. The first kappa shape index (κ1) is 17.7. The van der Waals surface area contributed by atoms with Gasteiger partial charge in [0.25, 0.3) is 5.91 Å². The molecule has 1 rings (SSSR count). The van der Waals surface area contributed by atoms with Crippen molar-refractivity contribution in [2.24, 2.45) is 5.14 Å². The van der Waals surface area contributed by atoms with Crippen molar-refractivity contribution < 1.29 is 17.9 Å². The molecule has 0 unspecified atom stereocenters. The first-order valence-corrected chi connectivity index (χ1v) is 8.53. The molecule has 0 aliphatic heterocycles. The van der Waals surface area contributed by atoms with Crippen molar-refractivity contribution in [1.82, 2.24) is 9.88 Å². The minimum atomic E-state index is -3.81. The smallest absolute Gasteiger partial charge is 0.268 e. The number of aromatic nitrogens is 1. The molecule has 0 saturated carbocycles. The Labute approximate surface area is 125 Å². The number of nitrogens with two attached hydrogens (primary N) is 1. The average molecular weight is 317 g/mol. The SMILES string of the molecule is CCCCOCCNC(=O)c1cc(S(N)(=O)=O)cn1CC. The molecule has 0 aromatic carbocycles. The number of carbonyl (C=O) groups is 1. The molecule has 0 spiro atoms. The molecule has 21 heavy (non-hydrogen) atoms. The van der Waals surface area contributed by atoms with Crippen LogP contribution in [0, 0.1) is 0 Å². The van der Waals surface area contributed by atoms with E-state index in [1.807, 2.05) is 6.92 Å². The molecule has 8 heteroatoms. The van der Waals surface area contributed by atoms with Gasteiger partial charge < -0.3 is 14.6 Å². The number of hydrogen-bond donors (Lipinski definition) is 2. The average Bonchev–Trinajstić information content (AvgIpc) is 2.86. The van der Waals surface area contributed by atoms with Gasteiger partial charge in [0, 0.05) is 25.9 Å². The molecule has 1 aromatic rings. The summed E-state index contributed by atoms with van der Waals surface area (Å²) in [5, 5.41) is 7.76. The second kappa shape index (κ2) is 8.16. The summed E-state index contributed by atoms with van der Waals surface area (Å²) in [6, 6.07) is 1.28. The normalized spacial score (nSPS) is 11.6. The summed E-state index contributed by atoms with van der Waals surface area (Å²) < 4.78 is 29.5. The standard InChI is InChI=1S/C13H23N3O4S/c1-3-5-7-20-8-6-15-13(17)12-9-11(21(14,18)19)10-16(12)4-2/h9-10H,3-8H2,1-2H3,(H,15,17)(H2,14,18,19). The van der Waals surface area contributed by atoms with Crippen molar-refractivity contribution in [1.29, 1.82) is 0 Å². The van der Waals surface area contributed by atoms with Gasteiger partial charge in [-0.05, 0) is 19.4 Å². The van der Waals surface area contributed by atoms with E-state index in [1.54, 1.807) is 4.57 Å². The number of rotatable bonds is 9. The molecular formula is C13H23N3O4S. The Morgan fingerprint density at radius 3 is 2.67 bits per heavy atom. The number of hydrogen-bond acceptors (Lipinski definition) is 4. The van der Waals surface area contributed by atoms with Gasteiger partial charge in [0.15, 0.2) is 0 Å². The van der Waals surface area contributed by atoms with Crippen molar-refractivity contribution in [3.05, 3.63) is 18.0 Å². The minimum Gasteiger partial charge on any atom is -0.380 e. The van der Waals surface area contributed by atoms with Crippen LogP contribution < -0.4 is 10.5 Å². The molecular weight excluding hydrogens is 294 g/mol. The maximum Gasteiger partial charge on any atom is 0.268 e. The predicted octanol–water partition coefficient (Wildman–Crippen LogP) is 0.702. The lowest BCUT2D eigenvalue weighted by atomic mass is 10.4. The summed E-state index contributed by atoms with van der Waals surface area (Å²) in [5.74, 6) is -0.342. The number of nitrogens with one attached hydrogen (secondary N) is 1. The lowest BCUT2D eigenvalue weighted by molar-refractivity contribution is 0.0904. The van der Waals surface area contributed by atoms with Crippen LogP contribution in [-0.4, -0.2) is 38.7 Å². The van der Waals surface area contributed by atoms with Crippen LogP contribution in [0.2, 0.25) is 0 Å². The highest BCUT2D eigenvalue weighted by Gasteiger charge is 2.17. The zero-order valence-corrected chi connectivity index (χ0v) is 13.3. The Kier molecular flexibility index (Phi) is 6.86. The fraction of sp³-hybridized carbons (Fsp3) is 0.615. The van der Waals surface area contributed by atoms with Gasteiger partial charge in [-0.25, -0.2) is 13.6 Å². The number of nitrogens with zero attached hydrogens (tertiary/aromatic N) is 1. The van der Waals surface area contributed by atoms with E-state index in [0.717, 1.165) is 12.8 Å². The molecule has 0 bridgehead atoms. The quantitative estimate of drug-likeness (QED) is 0.654. The van der Waals surface area contributed by atoms with Crippen LogP contribution in [0.15, 0.2) is 17.2 Å². The highest BCUT2D eigenvalue weighted by atomic mass is 32.2. The second-order valence-corrected chi connectivity index (χ2v) is 6.18. The lowest BCUT2D eigenvalue weighted by Crippen LogP contribution is -2.29. The van der Waals surface area contributed by atoms with E-state index in [9.17, 15) is 13.2 Å². The van der Waals surface area contributed by atoms with Gasteiger partial charge in [-0.1, -0.05) is 13.3 Å². The van der Waals surface area contributed by atoms with Gasteiger partial charge in [0.1, 0.15) is 10.6 Å². The Morgan fingerprint density at radius 2 is 2.10 bits per heavy atom. The zero-order chi connectivity index (χ0) is 15.9. The largest absolute Gasteiger partial charge is 0.380 e. The molecule has 0 atom stereocenters. The maximum atomic E-state index is 12.0. The summed E-state index contributed by atoms with van der Waals surface area (Å²) in [6.45, 7) is 5.85. The van der Waals surface area contributed by atoms with Crippen molar-refractivity contribution >= 4 is 15.9 Å². The van der Waals surface area contributed by atoms with Crippen molar-refractivity contribution in [3.63, 3.8) is 0 Å². The van der Waals surface area contributed by atoms with Crippen LogP contribution in [0.5, 0.6) is 0 Å². The molecule has 120 valence electrons. The Morgan fingerprint density at radius 1 is 1.38 bits per heavy atom. The molecule has 1 amide bonds. The molecule has 0 fully saturated rings. The summed E-state index contributed by atoms with van der Waals surface area (Å²) in [5.41, 5.74) is 0.273. The molecule has 0 radical (unpaired) electrons. The Hall–Kier alpha value is -1.38. The highest BCUT2D eigenvalue weighted by Crippen LogP contribution is 2.13. The third-order valence-electron chi connectivity index (χ3n) is 2.95. The number of unbranched alkanes of at least 4 members (excludes halogenated alkanes) is 1. The van der Waals surface area contributed by atoms with Gasteiger partial charge in [-0.2, -0.15) is 0 Å². The summed E-state index contributed by atoms with van der Waals surface area (Å²) >= 11 is 0. The van der Waals surface area contributed by atoms with Gasteiger partial charge in [-0.15, -0.1) is 0 Å². The fourth-order valence-corrected chi connectivity index (χ4v) is 2.32. The Balaban J connectivity index is 2.59. The summed E-state index contributed by atoms with van der Waals surface area (Å²) in [6.07, 6.45) is 3.42. The molecule has 0 saturated heterocycles. The van der Waals surface area contributed by atoms with Crippen LogP contribution in [0.1, 0.15) is 37.2 Å². The van der Waals surface area contributed by atoms with E-state index in [4.69, 9.17) is 9.88 Å². The molecule has 0 aliphatic carbocycles. The number of aryl methyl sites for hydroxylation is 1. The number of ether oxygens (including phenoxy) is 1. The first-order valence-electron chi connectivity index (χ1n) is 6.99. The monoisotopic (exact) mass is 317 g/mol. The number of sulfonamides is 1. The lowest BCUT2D eigenvalue weighted by Gasteiger charge is -2.08. The predicted molar refractivity (Wildman–Crippen MR) is 79.5 cm³/mol. The van der Waals surface area contributed by atoms with E-state index in [1.165, 1.54) is 12.3 Å². The van der Waals surface area contributed by atoms with Crippen molar-refractivity contribution in [3.8, 4) is 0 Å². The van der Waals surface area contributed by atoms with Crippen LogP contribution >= 0.6 is 0 Å². The van der Waals surface area contributed by atoms with Crippen molar-refractivity contribution in [2.75, 3.05) is 19.8 Å². The van der Waals surface area contributed by atoms with Crippen LogP contribution in [0.25, 0.3) is 0 Å². The minimum absolute atomic E-state index is 0.0614. The van der Waals surface area contributed by atoms with Gasteiger partial charge in [0.2, 0.25) is 10.0 Å². The molecule has 7 nitrogen and oxygen atoms in total. The molecule has 1 heterocycles. The third-order valence-corrected chi connectivity index (χ3v) is 3.83. The van der Waals surface area contributed by atoms with E-state index in [0.29, 0.717) is 26.3 Å². The second-order valence-electron chi connectivity index (χ2n) is 4.61. The zero-order valence-electron chi connectivity index (χ0n) is 12.5. The molecule has 1 aromatic heterocycles. The van der Waals surface area contributed by atoms with E-state index in [2.05, 4.69) is 12.2 Å².